The molecular weight excluding hydrogens is 290 g/mol. The number of carbonyl (C=O) groups excluding carboxylic acids is 2. The molecule has 21 heavy (non-hydrogen) atoms. The third-order valence-electron chi connectivity index (χ3n) is 4.02. The second-order valence-electron chi connectivity index (χ2n) is 5.31. The number of nitrogens with one attached hydrogen (secondary N) is 1. The van der Waals surface area contributed by atoms with Crippen molar-refractivity contribution in [2.75, 3.05) is 24.6 Å². The smallest absolute Gasteiger partial charge is 0.315 e. The number of thiazole rings is 1. The van der Waals surface area contributed by atoms with E-state index in [1.807, 2.05) is 18.7 Å². The SMILES string of the molecule is CCOC(=O)C1CCc2sc(N3CCNC(=O)C3C)nc21. The molecular formula is C14H19N3O3S. The molecule has 0 aromatic carbocycles. The van der Waals surface area contributed by atoms with Crippen molar-refractivity contribution in [3.05, 3.63) is 10.6 Å². The van der Waals surface area contributed by atoms with Gasteiger partial charge in [-0.2, -0.15) is 0 Å². The van der Waals surface area contributed by atoms with E-state index in [4.69, 9.17) is 4.74 Å². The van der Waals surface area contributed by atoms with Crippen LogP contribution >= 0.6 is 11.3 Å². The minimum Gasteiger partial charge on any atom is -0.465 e. The Balaban J connectivity index is 1.83. The van der Waals surface area contributed by atoms with Crippen molar-refractivity contribution in [2.45, 2.75) is 38.6 Å². The fraction of sp³-hybridized carbons (Fsp3) is 0.643. The van der Waals surface area contributed by atoms with Gasteiger partial charge in [-0.15, -0.1) is 11.3 Å². The van der Waals surface area contributed by atoms with Gasteiger partial charge in [0.15, 0.2) is 5.13 Å². The lowest BCUT2D eigenvalue weighted by atomic mass is 10.1. The molecule has 114 valence electrons. The van der Waals surface area contributed by atoms with Gasteiger partial charge in [0.1, 0.15) is 12.0 Å². The van der Waals surface area contributed by atoms with Crippen LogP contribution in [0, 0.1) is 0 Å². The van der Waals surface area contributed by atoms with Gasteiger partial charge in [0.05, 0.1) is 12.3 Å². The molecule has 1 aromatic rings. The lowest BCUT2D eigenvalue weighted by molar-refractivity contribution is -0.145. The molecule has 1 N–H and O–H groups in total. The molecule has 1 aromatic heterocycles. The Morgan fingerprint density at radius 2 is 2.38 bits per heavy atom. The predicted molar refractivity (Wildman–Crippen MR) is 79.6 cm³/mol. The molecule has 2 unspecified atom stereocenters. The summed E-state index contributed by atoms with van der Waals surface area (Å²) in [5.74, 6) is -0.394. The van der Waals surface area contributed by atoms with Gasteiger partial charge in [-0.05, 0) is 26.7 Å². The molecule has 2 atom stereocenters. The van der Waals surface area contributed by atoms with Crippen LogP contribution in [0.1, 0.15) is 36.8 Å². The van der Waals surface area contributed by atoms with Gasteiger partial charge in [-0.25, -0.2) is 4.98 Å². The highest BCUT2D eigenvalue weighted by atomic mass is 32.1. The minimum absolute atomic E-state index is 0.0264. The number of aryl methyl sites for hydroxylation is 1. The van der Waals surface area contributed by atoms with Crippen molar-refractivity contribution in [2.24, 2.45) is 0 Å². The fourth-order valence-electron chi connectivity index (χ4n) is 2.85. The third kappa shape index (κ3) is 2.50. The molecule has 0 saturated carbocycles. The molecule has 2 aliphatic rings. The van der Waals surface area contributed by atoms with Gasteiger partial charge in [0.25, 0.3) is 0 Å². The highest BCUT2D eigenvalue weighted by Crippen LogP contribution is 2.40. The third-order valence-corrected chi connectivity index (χ3v) is 5.19. The molecule has 2 heterocycles. The Hall–Kier alpha value is -1.63. The van der Waals surface area contributed by atoms with Crippen molar-refractivity contribution in [3.63, 3.8) is 0 Å². The average molecular weight is 309 g/mol. The normalized spacial score (nSPS) is 24.7. The number of amides is 1. The van der Waals surface area contributed by atoms with Crippen LogP contribution in [0.4, 0.5) is 5.13 Å². The van der Waals surface area contributed by atoms with Crippen LogP contribution in [0.15, 0.2) is 0 Å². The first-order valence-corrected chi connectivity index (χ1v) is 8.14. The van der Waals surface area contributed by atoms with Crippen LogP contribution in [0.2, 0.25) is 0 Å². The number of hydrogen-bond donors (Lipinski definition) is 1. The highest BCUT2D eigenvalue weighted by molar-refractivity contribution is 7.15. The molecule has 1 saturated heterocycles. The average Bonchev–Trinajstić information content (AvgIpc) is 3.01. The van der Waals surface area contributed by atoms with Crippen molar-refractivity contribution < 1.29 is 14.3 Å². The molecule has 1 aliphatic heterocycles. The lowest BCUT2D eigenvalue weighted by Gasteiger charge is -2.32. The van der Waals surface area contributed by atoms with Crippen molar-refractivity contribution in [1.82, 2.24) is 10.3 Å². The Bertz CT molecular complexity index is 572. The van der Waals surface area contributed by atoms with Gasteiger partial charge in [0, 0.05) is 18.0 Å². The van der Waals surface area contributed by atoms with E-state index in [1.165, 1.54) is 0 Å². The standard InChI is InChI=1S/C14H19N3O3S/c1-3-20-13(19)9-4-5-10-11(9)16-14(21-10)17-7-6-15-12(18)8(17)2/h8-9H,3-7H2,1-2H3,(H,15,18). The largest absolute Gasteiger partial charge is 0.465 e. The Labute approximate surface area is 127 Å². The van der Waals surface area contributed by atoms with E-state index in [9.17, 15) is 9.59 Å². The number of rotatable bonds is 3. The van der Waals surface area contributed by atoms with Crippen LogP contribution in [-0.2, 0) is 20.7 Å². The van der Waals surface area contributed by atoms with Gasteiger partial charge in [0.2, 0.25) is 5.91 Å². The monoisotopic (exact) mass is 309 g/mol. The van der Waals surface area contributed by atoms with Crippen LogP contribution in [0.25, 0.3) is 0 Å². The van der Waals surface area contributed by atoms with Crippen LogP contribution in [0.5, 0.6) is 0 Å². The maximum absolute atomic E-state index is 12.0. The first-order valence-electron chi connectivity index (χ1n) is 7.32. The fourth-order valence-corrected chi connectivity index (χ4v) is 4.10. The number of carbonyl (C=O) groups is 2. The van der Waals surface area contributed by atoms with Gasteiger partial charge in [-0.3, -0.25) is 9.59 Å². The Morgan fingerprint density at radius 1 is 1.57 bits per heavy atom. The van der Waals surface area contributed by atoms with Crippen LogP contribution in [0.3, 0.4) is 0 Å². The van der Waals surface area contributed by atoms with E-state index in [1.54, 1.807) is 11.3 Å². The van der Waals surface area contributed by atoms with Crippen molar-refractivity contribution in [1.29, 1.82) is 0 Å². The zero-order valence-electron chi connectivity index (χ0n) is 12.2. The Kier molecular flexibility index (Phi) is 3.84. The molecule has 1 fully saturated rings. The van der Waals surface area contributed by atoms with E-state index in [2.05, 4.69) is 10.3 Å². The topological polar surface area (TPSA) is 71.5 Å². The maximum Gasteiger partial charge on any atom is 0.315 e. The molecule has 1 aliphatic carbocycles. The molecule has 3 rings (SSSR count). The zero-order chi connectivity index (χ0) is 15.0. The molecule has 0 spiro atoms. The number of anilines is 1. The first kappa shape index (κ1) is 14.3. The summed E-state index contributed by atoms with van der Waals surface area (Å²) >= 11 is 1.60. The van der Waals surface area contributed by atoms with Crippen molar-refractivity contribution in [3.8, 4) is 0 Å². The van der Waals surface area contributed by atoms with E-state index in [0.29, 0.717) is 13.2 Å². The summed E-state index contributed by atoms with van der Waals surface area (Å²) in [6, 6.07) is -0.217. The summed E-state index contributed by atoms with van der Waals surface area (Å²) in [5, 5.41) is 3.69. The number of ether oxygens (including phenoxy) is 1. The van der Waals surface area contributed by atoms with E-state index < -0.39 is 0 Å². The summed E-state index contributed by atoms with van der Waals surface area (Å²) in [7, 11) is 0. The number of piperazine rings is 1. The first-order chi connectivity index (χ1) is 10.1. The molecule has 7 heteroatoms. The summed E-state index contributed by atoms with van der Waals surface area (Å²) in [5.41, 5.74) is 0.853. The molecule has 6 nitrogen and oxygen atoms in total. The predicted octanol–water partition coefficient (Wildman–Crippen LogP) is 1.06. The Morgan fingerprint density at radius 3 is 3.14 bits per heavy atom. The van der Waals surface area contributed by atoms with E-state index >= 15 is 0 Å². The number of esters is 1. The quantitative estimate of drug-likeness (QED) is 0.845. The summed E-state index contributed by atoms with van der Waals surface area (Å²) < 4.78 is 5.12. The molecule has 0 bridgehead atoms. The highest BCUT2D eigenvalue weighted by Gasteiger charge is 2.36. The summed E-state index contributed by atoms with van der Waals surface area (Å²) in [6.45, 7) is 5.47. The second kappa shape index (κ2) is 5.63. The molecule has 0 radical (unpaired) electrons. The maximum atomic E-state index is 12.0. The molecule has 1 amide bonds. The van der Waals surface area contributed by atoms with Crippen LogP contribution < -0.4 is 10.2 Å². The van der Waals surface area contributed by atoms with Gasteiger partial charge < -0.3 is 15.0 Å². The zero-order valence-corrected chi connectivity index (χ0v) is 13.0. The van der Waals surface area contributed by atoms with Gasteiger partial charge in [-0.1, -0.05) is 0 Å². The number of nitrogens with zero attached hydrogens (tertiary/aromatic N) is 2. The summed E-state index contributed by atoms with van der Waals surface area (Å²) in [4.78, 5) is 31.6. The van der Waals surface area contributed by atoms with Crippen molar-refractivity contribution >= 4 is 28.3 Å². The number of fused-ring (bicyclic) bond motifs is 1. The van der Waals surface area contributed by atoms with Crippen LogP contribution in [-0.4, -0.2) is 42.6 Å². The van der Waals surface area contributed by atoms with Gasteiger partial charge >= 0.3 is 5.97 Å². The number of aromatic nitrogens is 1. The van der Waals surface area contributed by atoms with E-state index in [0.717, 1.165) is 35.1 Å². The lowest BCUT2D eigenvalue weighted by Crippen LogP contribution is -2.54. The second-order valence-corrected chi connectivity index (χ2v) is 6.37. The van der Waals surface area contributed by atoms with E-state index in [-0.39, 0.29) is 23.8 Å². The summed E-state index contributed by atoms with van der Waals surface area (Å²) in [6.07, 6.45) is 1.65. The number of hydrogen-bond acceptors (Lipinski definition) is 6. The minimum atomic E-state index is -0.237.